The number of thiophene rings is 1. The summed E-state index contributed by atoms with van der Waals surface area (Å²) in [6.07, 6.45) is 0. The third kappa shape index (κ3) is 4.09. The molecule has 1 aromatic rings. The molecule has 0 aliphatic carbocycles. The smallest absolute Gasteiger partial charge is 0.0302 e. The minimum absolute atomic E-state index is 0.424. The fourth-order valence-corrected chi connectivity index (χ4v) is 3.13. The Balaban J connectivity index is 2.55. The van der Waals surface area contributed by atoms with Gasteiger partial charge in [0.15, 0.2) is 0 Å². The fraction of sp³-hybridized carbons (Fsp3) is 0.714. The highest BCUT2D eigenvalue weighted by Gasteiger charge is 2.15. The molecule has 1 aromatic heterocycles. The van der Waals surface area contributed by atoms with Crippen molar-refractivity contribution in [2.45, 2.75) is 40.7 Å². The Morgan fingerprint density at radius 1 is 1.29 bits per heavy atom. The number of hydrogen-bond acceptors (Lipinski definition) is 3. The maximum Gasteiger partial charge on any atom is 0.0302 e. The lowest BCUT2D eigenvalue weighted by molar-refractivity contribution is 0.356. The molecule has 0 spiro atoms. The molecule has 0 aromatic carbocycles. The van der Waals surface area contributed by atoms with Gasteiger partial charge in [0.05, 0.1) is 0 Å². The van der Waals surface area contributed by atoms with E-state index in [0.717, 1.165) is 13.1 Å². The minimum atomic E-state index is 0.424. The monoisotopic (exact) mass is 254 g/mol. The minimum Gasteiger partial charge on any atom is -0.330 e. The van der Waals surface area contributed by atoms with Gasteiger partial charge in [-0.3, -0.25) is 0 Å². The summed E-state index contributed by atoms with van der Waals surface area (Å²) in [6, 6.07) is 2.72. The molecule has 0 fully saturated rings. The van der Waals surface area contributed by atoms with Crippen molar-refractivity contribution >= 4 is 11.3 Å². The van der Waals surface area contributed by atoms with Gasteiger partial charge in [-0.1, -0.05) is 13.8 Å². The standard InChI is InChI=1S/C14H26N2S/c1-9(2)13(7-15)8-16-11(4)14-6-10(3)17-12(14)5/h6,9,11,13,16H,7-8,15H2,1-5H3. The van der Waals surface area contributed by atoms with Gasteiger partial charge >= 0.3 is 0 Å². The SMILES string of the molecule is Cc1cc(C(C)NCC(CN)C(C)C)c(C)s1. The van der Waals surface area contributed by atoms with Crippen molar-refractivity contribution in [1.82, 2.24) is 5.32 Å². The van der Waals surface area contributed by atoms with Crippen molar-refractivity contribution in [3.8, 4) is 0 Å². The molecule has 17 heavy (non-hydrogen) atoms. The van der Waals surface area contributed by atoms with Crippen LogP contribution in [0.5, 0.6) is 0 Å². The fourth-order valence-electron chi connectivity index (χ4n) is 2.11. The van der Waals surface area contributed by atoms with Gasteiger partial charge in [-0.2, -0.15) is 0 Å². The topological polar surface area (TPSA) is 38.0 Å². The summed E-state index contributed by atoms with van der Waals surface area (Å²) in [4.78, 5) is 2.82. The van der Waals surface area contributed by atoms with Crippen molar-refractivity contribution in [2.75, 3.05) is 13.1 Å². The number of nitrogens with one attached hydrogen (secondary N) is 1. The Hall–Kier alpha value is -0.380. The summed E-state index contributed by atoms with van der Waals surface area (Å²) < 4.78 is 0. The van der Waals surface area contributed by atoms with E-state index in [1.54, 1.807) is 0 Å². The summed E-state index contributed by atoms with van der Waals surface area (Å²) >= 11 is 1.88. The van der Waals surface area contributed by atoms with E-state index in [0.29, 0.717) is 17.9 Å². The van der Waals surface area contributed by atoms with Gasteiger partial charge in [0.25, 0.3) is 0 Å². The predicted molar refractivity (Wildman–Crippen MR) is 77.6 cm³/mol. The van der Waals surface area contributed by atoms with E-state index in [-0.39, 0.29) is 0 Å². The summed E-state index contributed by atoms with van der Waals surface area (Å²) in [7, 11) is 0. The maximum absolute atomic E-state index is 5.79. The Morgan fingerprint density at radius 2 is 1.94 bits per heavy atom. The van der Waals surface area contributed by atoms with E-state index < -0.39 is 0 Å². The van der Waals surface area contributed by atoms with Gasteiger partial charge in [-0.25, -0.2) is 0 Å². The van der Waals surface area contributed by atoms with Crippen molar-refractivity contribution in [1.29, 1.82) is 0 Å². The van der Waals surface area contributed by atoms with Crippen LogP contribution in [-0.2, 0) is 0 Å². The highest BCUT2D eigenvalue weighted by Crippen LogP contribution is 2.26. The Morgan fingerprint density at radius 3 is 2.35 bits per heavy atom. The lowest BCUT2D eigenvalue weighted by Crippen LogP contribution is -2.33. The molecule has 0 aliphatic heterocycles. The van der Waals surface area contributed by atoms with Crippen molar-refractivity contribution in [3.05, 3.63) is 21.4 Å². The number of nitrogens with two attached hydrogens (primary N) is 1. The molecule has 3 N–H and O–H groups in total. The van der Waals surface area contributed by atoms with Crippen molar-refractivity contribution in [2.24, 2.45) is 17.6 Å². The third-order valence-electron chi connectivity index (χ3n) is 3.48. The number of aryl methyl sites for hydroxylation is 2. The van der Waals surface area contributed by atoms with E-state index in [1.165, 1.54) is 15.3 Å². The zero-order valence-electron chi connectivity index (χ0n) is 11.7. The first-order chi connectivity index (χ1) is 7.95. The van der Waals surface area contributed by atoms with Crippen molar-refractivity contribution < 1.29 is 0 Å². The van der Waals surface area contributed by atoms with Crippen LogP contribution in [0.3, 0.4) is 0 Å². The molecule has 0 bridgehead atoms. The molecule has 1 rings (SSSR count). The maximum atomic E-state index is 5.79. The predicted octanol–water partition coefficient (Wildman–Crippen LogP) is 3.25. The van der Waals surface area contributed by atoms with Crippen molar-refractivity contribution in [3.63, 3.8) is 0 Å². The first kappa shape index (κ1) is 14.7. The number of hydrogen-bond donors (Lipinski definition) is 2. The molecule has 0 saturated heterocycles. The van der Waals surface area contributed by atoms with Crippen LogP contribution in [0.15, 0.2) is 6.07 Å². The van der Waals surface area contributed by atoms with E-state index in [2.05, 4.69) is 46.0 Å². The van der Waals surface area contributed by atoms with E-state index in [1.807, 2.05) is 11.3 Å². The molecule has 0 aliphatic rings. The molecule has 2 atom stereocenters. The summed E-state index contributed by atoms with van der Waals surface area (Å²) in [5.41, 5.74) is 7.23. The second-order valence-corrected chi connectivity index (χ2v) is 6.70. The quantitative estimate of drug-likeness (QED) is 0.818. The zero-order chi connectivity index (χ0) is 13.0. The average molecular weight is 254 g/mol. The summed E-state index contributed by atoms with van der Waals surface area (Å²) in [5.74, 6) is 1.21. The van der Waals surface area contributed by atoms with Gasteiger partial charge in [-0.05, 0) is 57.3 Å². The molecule has 1 heterocycles. The molecular formula is C14H26N2S. The highest BCUT2D eigenvalue weighted by molar-refractivity contribution is 7.12. The largest absolute Gasteiger partial charge is 0.330 e. The summed E-state index contributed by atoms with van der Waals surface area (Å²) in [5, 5.41) is 3.61. The van der Waals surface area contributed by atoms with Crippen LogP contribution in [0.2, 0.25) is 0 Å². The molecule has 0 amide bonds. The number of rotatable bonds is 6. The van der Waals surface area contributed by atoms with E-state index in [4.69, 9.17) is 5.73 Å². The highest BCUT2D eigenvalue weighted by atomic mass is 32.1. The van der Waals surface area contributed by atoms with Gasteiger partial charge in [-0.15, -0.1) is 11.3 Å². The van der Waals surface area contributed by atoms with Gasteiger partial charge < -0.3 is 11.1 Å². The Kier molecular flexibility index (Phi) is 5.63. The lowest BCUT2D eigenvalue weighted by atomic mass is 9.95. The third-order valence-corrected chi connectivity index (χ3v) is 4.46. The molecule has 98 valence electrons. The summed E-state index contributed by atoms with van der Waals surface area (Å²) in [6.45, 7) is 12.9. The van der Waals surface area contributed by atoms with Crippen LogP contribution in [0.1, 0.15) is 42.1 Å². The first-order valence-corrected chi connectivity index (χ1v) is 7.27. The molecule has 2 nitrogen and oxygen atoms in total. The van der Waals surface area contributed by atoms with Gasteiger partial charge in [0, 0.05) is 15.8 Å². The van der Waals surface area contributed by atoms with E-state index >= 15 is 0 Å². The second kappa shape index (κ2) is 6.53. The molecule has 0 saturated carbocycles. The Bertz CT molecular complexity index is 344. The van der Waals surface area contributed by atoms with Crippen LogP contribution < -0.4 is 11.1 Å². The lowest BCUT2D eigenvalue weighted by Gasteiger charge is -2.22. The van der Waals surface area contributed by atoms with Gasteiger partial charge in [0.2, 0.25) is 0 Å². The molecule has 3 heteroatoms. The van der Waals surface area contributed by atoms with Crippen LogP contribution in [0.4, 0.5) is 0 Å². The second-order valence-electron chi connectivity index (χ2n) is 5.24. The first-order valence-electron chi connectivity index (χ1n) is 6.46. The van der Waals surface area contributed by atoms with Gasteiger partial charge in [0.1, 0.15) is 0 Å². The van der Waals surface area contributed by atoms with Crippen LogP contribution in [0.25, 0.3) is 0 Å². The van der Waals surface area contributed by atoms with Crippen LogP contribution in [-0.4, -0.2) is 13.1 Å². The Labute approximate surface area is 110 Å². The van der Waals surface area contributed by atoms with Crippen LogP contribution in [0, 0.1) is 25.7 Å². The van der Waals surface area contributed by atoms with E-state index in [9.17, 15) is 0 Å². The molecule has 2 unspecified atom stereocenters. The molecular weight excluding hydrogens is 228 g/mol. The van der Waals surface area contributed by atoms with Crippen LogP contribution >= 0.6 is 11.3 Å². The average Bonchev–Trinajstić information content (AvgIpc) is 2.58. The normalized spacial score (nSPS) is 15.2. The molecule has 0 radical (unpaired) electrons. The zero-order valence-corrected chi connectivity index (χ0v) is 12.5.